The third-order valence-electron chi connectivity index (χ3n) is 8.46. The number of hydrogen-bond donors (Lipinski definition) is 1. The predicted octanol–water partition coefficient (Wildman–Crippen LogP) is 2.72. The van der Waals surface area contributed by atoms with Crippen LogP contribution in [0.3, 0.4) is 0 Å². The normalized spacial score (nSPS) is 21.8. The number of esters is 4. The maximum atomic E-state index is 13.4. The number of carbonyl (C=O) groups is 6. The number of nitrogens with zero attached hydrogens (tertiary/aromatic N) is 3. The van der Waals surface area contributed by atoms with Crippen LogP contribution in [0.25, 0.3) is 22.2 Å². The average Bonchev–Trinajstić information content (AvgIpc) is 3.52. The van der Waals surface area contributed by atoms with E-state index in [-0.39, 0.29) is 25.5 Å². The van der Waals surface area contributed by atoms with E-state index in [0.29, 0.717) is 21.9 Å². The summed E-state index contributed by atoms with van der Waals surface area (Å²) in [7, 11) is 0. The van der Waals surface area contributed by atoms with E-state index < -0.39 is 73.7 Å². The molecule has 0 saturated carbocycles. The Morgan fingerprint density at radius 3 is 2.31 bits per heavy atom. The number of carbonyl (C=O) groups excluding carboxylic acids is 6. The predicted molar refractivity (Wildman–Crippen MR) is 183 cm³/mol. The highest BCUT2D eigenvalue weighted by molar-refractivity contribution is 6.38. The second-order valence-electron chi connectivity index (χ2n) is 12.2. The lowest BCUT2D eigenvalue weighted by Crippen LogP contribution is -2.63. The Bertz CT molecular complexity index is 1860. The van der Waals surface area contributed by atoms with E-state index >= 15 is 0 Å². The van der Waals surface area contributed by atoms with Crippen LogP contribution in [0.2, 0.25) is 5.02 Å². The summed E-state index contributed by atoms with van der Waals surface area (Å²) in [6.45, 7) is 5.46. The molecular weight excluding hydrogens is 704 g/mol. The van der Waals surface area contributed by atoms with Gasteiger partial charge >= 0.3 is 23.9 Å². The Balaban J connectivity index is 1.28. The number of ether oxygens (including phenoxy) is 6. The van der Waals surface area contributed by atoms with E-state index in [2.05, 4.69) is 9.97 Å². The van der Waals surface area contributed by atoms with Gasteiger partial charge in [-0.2, -0.15) is 0 Å². The number of amides is 2. The van der Waals surface area contributed by atoms with Crippen LogP contribution in [0.4, 0.5) is 5.69 Å². The third-order valence-corrected chi connectivity index (χ3v) is 8.85. The van der Waals surface area contributed by atoms with Crippen LogP contribution >= 0.6 is 11.6 Å². The van der Waals surface area contributed by atoms with Gasteiger partial charge in [-0.25, -0.2) is 4.98 Å². The number of rotatable bonds is 11. The molecule has 2 fully saturated rings. The number of halogens is 1. The number of aryl methyl sites for hydroxylation is 1. The Hall–Kier alpha value is -5.06. The highest BCUT2D eigenvalue weighted by atomic mass is 35.5. The number of piperazine rings is 1. The van der Waals surface area contributed by atoms with Crippen LogP contribution in [-0.4, -0.2) is 114 Å². The molecule has 0 spiro atoms. The SMILES string of the molecule is CCc1c[nH]c2ncc(-c3cccc(N4CCN(C(=O)CO[C@@H]5O[C@H](COC(C)=O)[C@@H](OC(C)=O)[C@H](OC(C)=O)[C@H]5OC(C)=O)CC4=O)c3)c(Cl)c12. The molecule has 1 aromatic carbocycles. The summed E-state index contributed by atoms with van der Waals surface area (Å²) in [4.78, 5) is 85.0. The van der Waals surface area contributed by atoms with Gasteiger partial charge in [0.2, 0.25) is 11.8 Å². The van der Waals surface area contributed by atoms with Gasteiger partial charge in [0.15, 0.2) is 24.6 Å². The van der Waals surface area contributed by atoms with Crippen molar-refractivity contribution in [3.63, 3.8) is 0 Å². The number of hydrogen-bond acceptors (Lipinski definition) is 13. The fraction of sp³-hybridized carbons (Fsp3) is 0.457. The molecule has 2 aromatic heterocycles. The standard InChI is InChI=1S/C35H39ClN4O12/c1-6-22-13-37-34-29(22)30(36)25(14-38-34)23-8-7-9-24(12-23)40-11-10-39(15-27(40)45)28(46)17-48-35-33(51-21(5)44)32(50-20(4)43)31(49-19(3)42)26(52-35)16-47-18(2)41/h7-9,12-14,26,31-33,35H,6,10-11,15-17H2,1-5H3,(H,37,38)/t26-,31-,32+,33-,35-/m1/s1. The molecule has 52 heavy (non-hydrogen) atoms. The van der Waals surface area contributed by atoms with Crippen LogP contribution in [-0.2, 0) is 63.6 Å². The van der Waals surface area contributed by atoms with Crippen molar-refractivity contribution in [1.29, 1.82) is 0 Å². The van der Waals surface area contributed by atoms with Gasteiger partial charge in [-0.3, -0.25) is 28.8 Å². The van der Waals surface area contributed by atoms with E-state index in [1.165, 1.54) is 4.90 Å². The van der Waals surface area contributed by atoms with Crippen LogP contribution in [0.5, 0.6) is 0 Å². The van der Waals surface area contributed by atoms with Gasteiger partial charge in [0, 0.05) is 69.8 Å². The zero-order chi connectivity index (χ0) is 37.7. The molecule has 3 aromatic rings. The summed E-state index contributed by atoms with van der Waals surface area (Å²) >= 11 is 6.84. The fourth-order valence-electron chi connectivity index (χ4n) is 6.17. The molecule has 2 saturated heterocycles. The molecule has 1 N–H and O–H groups in total. The maximum Gasteiger partial charge on any atom is 0.303 e. The Labute approximate surface area is 303 Å². The summed E-state index contributed by atoms with van der Waals surface area (Å²) in [5.74, 6) is -4.01. The van der Waals surface area contributed by atoms with Crippen molar-refractivity contribution in [2.45, 2.75) is 71.7 Å². The molecule has 17 heteroatoms. The first-order chi connectivity index (χ1) is 24.8. The number of aromatic nitrogens is 2. The number of H-pyrrole nitrogens is 1. The molecule has 5 rings (SSSR count). The van der Waals surface area contributed by atoms with Gasteiger partial charge in [0.05, 0.1) is 5.02 Å². The number of nitrogens with one attached hydrogen (secondary N) is 1. The molecular formula is C35H39ClN4O12. The number of fused-ring (bicyclic) bond motifs is 1. The van der Waals surface area contributed by atoms with Gasteiger partial charge in [0.25, 0.3) is 0 Å². The largest absolute Gasteiger partial charge is 0.463 e. The van der Waals surface area contributed by atoms with Crippen molar-refractivity contribution in [2.24, 2.45) is 0 Å². The zero-order valence-electron chi connectivity index (χ0n) is 29.2. The molecule has 2 aliphatic heterocycles. The van der Waals surface area contributed by atoms with Crippen molar-refractivity contribution in [2.75, 3.05) is 37.7 Å². The molecule has 2 amide bonds. The lowest BCUT2D eigenvalue weighted by molar-refractivity contribution is -0.306. The first kappa shape index (κ1) is 38.2. The van der Waals surface area contributed by atoms with Gasteiger partial charge in [-0.15, -0.1) is 0 Å². The van der Waals surface area contributed by atoms with E-state index in [9.17, 15) is 28.8 Å². The van der Waals surface area contributed by atoms with Crippen molar-refractivity contribution in [3.05, 3.63) is 47.2 Å². The molecule has 0 bridgehead atoms. The second kappa shape index (κ2) is 16.5. The third kappa shape index (κ3) is 8.69. The van der Waals surface area contributed by atoms with Crippen molar-refractivity contribution >= 4 is 64.0 Å². The molecule has 0 aliphatic carbocycles. The Kier molecular flexibility index (Phi) is 12.1. The number of anilines is 1. The second-order valence-corrected chi connectivity index (χ2v) is 12.5. The van der Waals surface area contributed by atoms with Crippen molar-refractivity contribution < 1.29 is 57.2 Å². The summed E-state index contributed by atoms with van der Waals surface area (Å²) in [6, 6.07) is 7.33. The minimum atomic E-state index is -1.54. The van der Waals surface area contributed by atoms with Crippen LogP contribution in [0, 0.1) is 0 Å². The van der Waals surface area contributed by atoms with Crippen molar-refractivity contribution in [3.8, 4) is 11.1 Å². The lowest BCUT2D eigenvalue weighted by atomic mass is 9.98. The summed E-state index contributed by atoms with van der Waals surface area (Å²) in [5.41, 5.74) is 3.83. The van der Waals surface area contributed by atoms with Gasteiger partial charge in [0.1, 0.15) is 31.5 Å². The highest BCUT2D eigenvalue weighted by Gasteiger charge is 2.53. The fourth-order valence-corrected chi connectivity index (χ4v) is 6.54. The molecule has 2 aliphatic rings. The maximum absolute atomic E-state index is 13.4. The summed E-state index contributed by atoms with van der Waals surface area (Å²) in [6.07, 6.45) is -2.75. The quantitative estimate of drug-likeness (QED) is 0.223. The Morgan fingerprint density at radius 1 is 0.962 bits per heavy atom. The van der Waals surface area contributed by atoms with Gasteiger partial charge in [-0.1, -0.05) is 30.7 Å². The molecule has 0 radical (unpaired) electrons. The topological polar surface area (TPSA) is 193 Å². The van der Waals surface area contributed by atoms with Gasteiger partial charge in [-0.05, 0) is 29.7 Å². The molecule has 278 valence electrons. The minimum absolute atomic E-state index is 0.161. The monoisotopic (exact) mass is 742 g/mol. The van der Waals surface area contributed by atoms with Gasteiger partial charge < -0.3 is 43.2 Å². The molecule has 0 unspecified atom stereocenters. The van der Waals surface area contributed by atoms with Crippen molar-refractivity contribution in [1.82, 2.24) is 14.9 Å². The van der Waals surface area contributed by atoms with Crippen LogP contribution in [0.15, 0.2) is 36.7 Å². The first-order valence-electron chi connectivity index (χ1n) is 16.5. The molecule has 4 heterocycles. The lowest BCUT2D eigenvalue weighted by Gasteiger charge is -2.44. The first-order valence-corrected chi connectivity index (χ1v) is 16.9. The minimum Gasteiger partial charge on any atom is -0.463 e. The zero-order valence-corrected chi connectivity index (χ0v) is 30.0. The van der Waals surface area contributed by atoms with E-state index in [1.54, 1.807) is 17.2 Å². The van der Waals surface area contributed by atoms with E-state index in [0.717, 1.165) is 50.6 Å². The van der Waals surface area contributed by atoms with Crippen LogP contribution in [0.1, 0.15) is 40.2 Å². The van der Waals surface area contributed by atoms with E-state index in [1.807, 2.05) is 31.3 Å². The smallest absolute Gasteiger partial charge is 0.303 e. The van der Waals surface area contributed by atoms with E-state index in [4.69, 9.17) is 40.0 Å². The number of aromatic amines is 1. The number of pyridine rings is 1. The Morgan fingerprint density at radius 2 is 1.65 bits per heavy atom. The number of benzene rings is 1. The molecule has 16 nitrogen and oxygen atoms in total. The average molecular weight is 743 g/mol. The molecule has 5 atom stereocenters. The summed E-state index contributed by atoms with van der Waals surface area (Å²) < 4.78 is 32.8. The highest BCUT2D eigenvalue weighted by Crippen LogP contribution is 2.36. The van der Waals surface area contributed by atoms with Crippen LogP contribution < -0.4 is 4.90 Å². The summed E-state index contributed by atoms with van der Waals surface area (Å²) in [5, 5.41) is 1.40.